The van der Waals surface area contributed by atoms with E-state index in [1.54, 1.807) is 0 Å². The lowest BCUT2D eigenvalue weighted by Crippen LogP contribution is -2.51. The molecular weight excluding hydrogens is 314 g/mol. The van der Waals surface area contributed by atoms with E-state index < -0.39 is 5.97 Å². The van der Waals surface area contributed by atoms with Crippen LogP contribution in [0.3, 0.4) is 0 Å². The molecule has 1 N–H and O–H groups in total. The van der Waals surface area contributed by atoms with Crippen LogP contribution in [0.5, 0.6) is 5.75 Å². The number of nitrogens with zero attached hydrogens (tertiary/aromatic N) is 1. The number of carboxylic acid groups (broad SMARTS) is 1. The van der Waals surface area contributed by atoms with Gasteiger partial charge in [-0.25, -0.2) is 0 Å². The standard InChI is InChI=1S/C21H29NO3/c1-4-14(2)13-25-20-6-5-16-8-18(15(3)7-17(16)9-20)10-22-11-19(12-22)21(23)24/h5-6,8-9,14-15,19H,4,7,10-13H2,1-3H3,(H,23,24)/t14-,15+/m1/s1. The molecule has 2 atom stereocenters. The minimum Gasteiger partial charge on any atom is -0.493 e. The number of hydrogen-bond donors (Lipinski definition) is 1. The maximum absolute atomic E-state index is 10.9. The summed E-state index contributed by atoms with van der Waals surface area (Å²) in [6, 6.07) is 6.41. The van der Waals surface area contributed by atoms with Crippen LogP contribution in [-0.4, -0.2) is 42.2 Å². The number of likely N-dealkylation sites (tertiary alicyclic amines) is 1. The number of fused-ring (bicyclic) bond motifs is 1. The van der Waals surface area contributed by atoms with E-state index in [1.807, 2.05) is 0 Å². The number of ether oxygens (including phenoxy) is 1. The van der Waals surface area contributed by atoms with Gasteiger partial charge in [-0.05, 0) is 41.5 Å². The largest absolute Gasteiger partial charge is 0.493 e. The third-order valence-corrected chi connectivity index (χ3v) is 5.56. The van der Waals surface area contributed by atoms with Gasteiger partial charge >= 0.3 is 5.97 Å². The van der Waals surface area contributed by atoms with Gasteiger partial charge in [-0.3, -0.25) is 9.69 Å². The van der Waals surface area contributed by atoms with E-state index >= 15 is 0 Å². The molecule has 0 aromatic heterocycles. The first-order chi connectivity index (χ1) is 12.0. The summed E-state index contributed by atoms with van der Waals surface area (Å²) in [7, 11) is 0. The molecule has 1 fully saturated rings. The Kier molecular flexibility index (Phi) is 5.48. The van der Waals surface area contributed by atoms with Crippen molar-refractivity contribution < 1.29 is 14.6 Å². The van der Waals surface area contributed by atoms with Crippen molar-refractivity contribution in [1.29, 1.82) is 0 Å². The summed E-state index contributed by atoms with van der Waals surface area (Å²) in [6.45, 7) is 9.66. The van der Waals surface area contributed by atoms with E-state index in [0.717, 1.165) is 31.7 Å². The Morgan fingerprint density at radius 1 is 1.40 bits per heavy atom. The van der Waals surface area contributed by atoms with Crippen molar-refractivity contribution in [3.63, 3.8) is 0 Å². The quantitative estimate of drug-likeness (QED) is 0.820. The molecule has 25 heavy (non-hydrogen) atoms. The van der Waals surface area contributed by atoms with E-state index in [-0.39, 0.29) is 5.92 Å². The zero-order chi connectivity index (χ0) is 18.0. The molecule has 2 aliphatic rings. The molecule has 1 aliphatic carbocycles. The van der Waals surface area contributed by atoms with Crippen molar-refractivity contribution in [2.45, 2.75) is 33.6 Å². The Morgan fingerprint density at radius 2 is 2.16 bits per heavy atom. The predicted molar refractivity (Wildman–Crippen MR) is 99.8 cm³/mol. The molecule has 0 spiro atoms. The summed E-state index contributed by atoms with van der Waals surface area (Å²) in [5, 5.41) is 9.01. The molecule has 4 heteroatoms. The highest BCUT2D eigenvalue weighted by Gasteiger charge is 2.33. The fraction of sp³-hybridized carbons (Fsp3) is 0.571. The third-order valence-electron chi connectivity index (χ3n) is 5.56. The van der Waals surface area contributed by atoms with Crippen LogP contribution in [0, 0.1) is 17.8 Å². The summed E-state index contributed by atoms with van der Waals surface area (Å²) >= 11 is 0. The molecule has 1 aromatic carbocycles. The van der Waals surface area contributed by atoms with Gasteiger partial charge in [0.25, 0.3) is 0 Å². The average Bonchev–Trinajstić information content (AvgIpc) is 2.55. The highest BCUT2D eigenvalue weighted by atomic mass is 16.5. The SMILES string of the molecule is CC[C@@H](C)COc1ccc2c(c1)C[C@H](C)C(CN1CC(C(=O)O)C1)=C2. The summed E-state index contributed by atoms with van der Waals surface area (Å²) in [5.74, 6) is 1.18. The van der Waals surface area contributed by atoms with Crippen LogP contribution in [0.2, 0.25) is 0 Å². The zero-order valence-corrected chi connectivity index (χ0v) is 15.5. The number of hydrogen-bond acceptors (Lipinski definition) is 3. The van der Waals surface area contributed by atoms with Crippen LogP contribution in [0.1, 0.15) is 38.3 Å². The molecule has 0 saturated carbocycles. The Bertz CT molecular complexity index is 661. The molecule has 1 aromatic rings. The highest BCUT2D eigenvalue weighted by molar-refractivity contribution is 5.71. The predicted octanol–water partition coefficient (Wildman–Crippen LogP) is 3.70. The molecule has 1 aliphatic heterocycles. The van der Waals surface area contributed by atoms with Gasteiger partial charge in [0.05, 0.1) is 12.5 Å². The van der Waals surface area contributed by atoms with Gasteiger partial charge in [-0.1, -0.05) is 44.9 Å². The summed E-state index contributed by atoms with van der Waals surface area (Å²) in [6.07, 6.45) is 4.45. The van der Waals surface area contributed by atoms with Crippen LogP contribution in [0.15, 0.2) is 23.8 Å². The lowest BCUT2D eigenvalue weighted by molar-refractivity contribution is -0.147. The van der Waals surface area contributed by atoms with Crippen LogP contribution in [0.4, 0.5) is 0 Å². The molecule has 0 bridgehead atoms. The summed E-state index contributed by atoms with van der Waals surface area (Å²) in [5.41, 5.74) is 4.04. The van der Waals surface area contributed by atoms with Crippen molar-refractivity contribution in [3.8, 4) is 5.75 Å². The third kappa shape index (κ3) is 4.24. The fourth-order valence-electron chi connectivity index (χ4n) is 3.46. The lowest BCUT2D eigenvalue weighted by Gasteiger charge is -2.38. The van der Waals surface area contributed by atoms with E-state index in [0.29, 0.717) is 24.9 Å². The van der Waals surface area contributed by atoms with Crippen LogP contribution in [0.25, 0.3) is 6.08 Å². The van der Waals surface area contributed by atoms with Crippen molar-refractivity contribution in [2.24, 2.45) is 17.8 Å². The molecule has 1 saturated heterocycles. The topological polar surface area (TPSA) is 49.8 Å². The number of aliphatic carboxylic acids is 1. The van der Waals surface area contributed by atoms with Gasteiger partial charge in [-0.15, -0.1) is 0 Å². The molecule has 4 nitrogen and oxygen atoms in total. The molecular formula is C21H29NO3. The van der Waals surface area contributed by atoms with E-state index in [9.17, 15) is 4.79 Å². The maximum atomic E-state index is 10.9. The normalized spacial score (nSPS) is 21.9. The highest BCUT2D eigenvalue weighted by Crippen LogP contribution is 2.32. The van der Waals surface area contributed by atoms with Gasteiger partial charge in [-0.2, -0.15) is 0 Å². The van der Waals surface area contributed by atoms with Crippen molar-refractivity contribution in [1.82, 2.24) is 4.90 Å². The maximum Gasteiger partial charge on any atom is 0.309 e. The van der Waals surface area contributed by atoms with Crippen LogP contribution in [-0.2, 0) is 11.2 Å². The lowest BCUT2D eigenvalue weighted by atomic mass is 9.83. The Labute approximate surface area is 150 Å². The van der Waals surface area contributed by atoms with Gasteiger partial charge in [0.15, 0.2) is 0 Å². The number of benzene rings is 1. The van der Waals surface area contributed by atoms with Crippen LogP contribution >= 0.6 is 0 Å². The summed E-state index contributed by atoms with van der Waals surface area (Å²) < 4.78 is 5.93. The van der Waals surface area contributed by atoms with Gasteiger partial charge in [0.2, 0.25) is 0 Å². The molecule has 0 unspecified atom stereocenters. The Hall–Kier alpha value is -1.81. The number of rotatable bonds is 7. The van der Waals surface area contributed by atoms with E-state index in [4.69, 9.17) is 9.84 Å². The van der Waals surface area contributed by atoms with Crippen molar-refractivity contribution in [2.75, 3.05) is 26.2 Å². The van der Waals surface area contributed by atoms with Crippen LogP contribution < -0.4 is 4.74 Å². The van der Waals surface area contributed by atoms with Crippen molar-refractivity contribution >= 4 is 12.0 Å². The molecule has 136 valence electrons. The minimum atomic E-state index is -0.669. The second kappa shape index (κ2) is 7.61. The first kappa shape index (κ1) is 18.0. The average molecular weight is 343 g/mol. The molecule has 1 heterocycles. The fourth-order valence-corrected chi connectivity index (χ4v) is 3.46. The van der Waals surface area contributed by atoms with Gasteiger partial charge in [0, 0.05) is 19.6 Å². The minimum absolute atomic E-state index is 0.183. The number of carbonyl (C=O) groups is 1. The Balaban J connectivity index is 1.63. The zero-order valence-electron chi connectivity index (χ0n) is 15.5. The second-order valence-corrected chi connectivity index (χ2v) is 7.74. The Morgan fingerprint density at radius 3 is 2.84 bits per heavy atom. The number of carboxylic acids is 1. The van der Waals surface area contributed by atoms with Gasteiger partial charge in [0.1, 0.15) is 5.75 Å². The smallest absolute Gasteiger partial charge is 0.309 e. The molecule has 3 rings (SSSR count). The van der Waals surface area contributed by atoms with E-state index in [2.05, 4.69) is 49.9 Å². The first-order valence-electron chi connectivity index (χ1n) is 9.37. The monoisotopic (exact) mass is 343 g/mol. The molecule has 0 radical (unpaired) electrons. The van der Waals surface area contributed by atoms with Crippen molar-refractivity contribution in [3.05, 3.63) is 34.9 Å². The second-order valence-electron chi connectivity index (χ2n) is 7.74. The van der Waals surface area contributed by atoms with Gasteiger partial charge < -0.3 is 9.84 Å². The van der Waals surface area contributed by atoms with E-state index in [1.165, 1.54) is 16.7 Å². The summed E-state index contributed by atoms with van der Waals surface area (Å²) in [4.78, 5) is 13.2. The molecule has 0 amide bonds. The first-order valence-corrected chi connectivity index (χ1v) is 9.37.